The van der Waals surface area contributed by atoms with Gasteiger partial charge >= 0.3 is 18.1 Å². The second-order valence-electron chi connectivity index (χ2n) is 7.14. The van der Waals surface area contributed by atoms with Crippen molar-refractivity contribution in [2.75, 3.05) is 20.2 Å². The molecule has 0 bridgehead atoms. The molecule has 0 amide bonds. The second kappa shape index (κ2) is 9.29. The van der Waals surface area contributed by atoms with E-state index in [-0.39, 0.29) is 31.7 Å². The lowest BCUT2D eigenvalue weighted by atomic mass is 9.98. The Kier molecular flexibility index (Phi) is 6.89. The maximum atomic E-state index is 12.9. The predicted molar refractivity (Wildman–Crippen MR) is 106 cm³/mol. The molecule has 0 aliphatic carbocycles. The third-order valence-electron chi connectivity index (χ3n) is 5.08. The molecule has 1 heterocycles. The van der Waals surface area contributed by atoms with Gasteiger partial charge in [-0.1, -0.05) is 6.07 Å². The van der Waals surface area contributed by atoms with E-state index in [1.54, 1.807) is 0 Å². The third-order valence-corrected chi connectivity index (χ3v) is 6.97. The first-order valence-electron chi connectivity index (χ1n) is 9.60. The second-order valence-corrected chi connectivity index (χ2v) is 9.08. The maximum Gasteiger partial charge on any atom is 0.416 e. The van der Waals surface area contributed by atoms with Gasteiger partial charge in [0.05, 0.1) is 29.1 Å². The molecule has 2 aromatic carbocycles. The molecule has 1 aliphatic rings. The molecule has 0 atom stereocenters. The molecule has 0 aromatic heterocycles. The number of ether oxygens (including phenoxy) is 2. The van der Waals surface area contributed by atoms with Gasteiger partial charge in [-0.3, -0.25) is 4.79 Å². The van der Waals surface area contributed by atoms with Crippen molar-refractivity contribution >= 4 is 22.0 Å². The number of sulfonamides is 1. The fraction of sp³-hybridized carbons (Fsp3) is 0.333. The van der Waals surface area contributed by atoms with Crippen LogP contribution in [0.4, 0.5) is 13.2 Å². The lowest BCUT2D eigenvalue weighted by Crippen LogP contribution is -2.41. The van der Waals surface area contributed by atoms with E-state index in [9.17, 15) is 31.2 Å². The Labute approximate surface area is 182 Å². The minimum atomic E-state index is -4.66. The van der Waals surface area contributed by atoms with Crippen LogP contribution in [-0.4, -0.2) is 44.9 Å². The molecule has 0 spiro atoms. The first-order valence-corrected chi connectivity index (χ1v) is 11.0. The molecule has 0 N–H and O–H groups in total. The maximum absolute atomic E-state index is 12.9. The number of hydrogen-bond acceptors (Lipinski definition) is 6. The summed E-state index contributed by atoms with van der Waals surface area (Å²) in [6.07, 6.45) is -4.33. The number of carbonyl (C=O) groups is 2. The van der Waals surface area contributed by atoms with E-state index in [0.717, 1.165) is 22.5 Å². The van der Waals surface area contributed by atoms with Crippen molar-refractivity contribution in [2.24, 2.45) is 5.92 Å². The third kappa shape index (κ3) is 5.28. The topological polar surface area (TPSA) is 90.0 Å². The number of carbonyl (C=O) groups excluding carboxylic acids is 2. The SMILES string of the molecule is COC(=O)c1ccc(OC(=O)C2CCN(S(=O)(=O)c3cccc(C(F)(F)F)c3)CC2)cc1. The van der Waals surface area contributed by atoms with Gasteiger partial charge in [0.15, 0.2) is 0 Å². The fourth-order valence-corrected chi connectivity index (χ4v) is 4.81. The van der Waals surface area contributed by atoms with Crippen LogP contribution < -0.4 is 4.74 Å². The summed E-state index contributed by atoms with van der Waals surface area (Å²) >= 11 is 0. The molecule has 1 fully saturated rings. The molecular formula is C21H20F3NO6S. The molecule has 11 heteroatoms. The zero-order valence-electron chi connectivity index (χ0n) is 17.0. The Hall–Kier alpha value is -2.92. The Morgan fingerprint density at radius 2 is 1.66 bits per heavy atom. The van der Waals surface area contributed by atoms with E-state index in [1.165, 1.54) is 31.4 Å². The number of nitrogens with zero attached hydrogens (tertiary/aromatic N) is 1. The number of halogens is 3. The molecule has 0 radical (unpaired) electrons. The number of rotatable bonds is 5. The summed E-state index contributed by atoms with van der Waals surface area (Å²) < 4.78 is 75.2. The van der Waals surface area contributed by atoms with Crippen LogP contribution in [0.25, 0.3) is 0 Å². The average Bonchev–Trinajstić information content (AvgIpc) is 2.78. The molecular weight excluding hydrogens is 451 g/mol. The van der Waals surface area contributed by atoms with Crippen molar-refractivity contribution < 1.29 is 40.7 Å². The molecule has 7 nitrogen and oxygen atoms in total. The Bertz CT molecular complexity index is 1090. The normalized spacial score (nSPS) is 15.9. The van der Waals surface area contributed by atoms with Crippen LogP contribution >= 0.6 is 0 Å². The minimum absolute atomic E-state index is 0.0282. The number of methoxy groups -OCH3 is 1. The summed E-state index contributed by atoms with van der Waals surface area (Å²) in [6, 6.07) is 9.34. The van der Waals surface area contributed by atoms with Crippen molar-refractivity contribution in [1.82, 2.24) is 4.31 Å². The first kappa shape index (κ1) is 23.7. The van der Waals surface area contributed by atoms with E-state index in [2.05, 4.69) is 4.74 Å². The van der Waals surface area contributed by atoms with Gasteiger partial charge in [0.2, 0.25) is 10.0 Å². The van der Waals surface area contributed by atoms with Gasteiger partial charge in [0.1, 0.15) is 5.75 Å². The summed E-state index contributed by atoms with van der Waals surface area (Å²) in [6.45, 7) is -0.0563. The molecule has 172 valence electrons. The van der Waals surface area contributed by atoms with Crippen LogP contribution in [0.2, 0.25) is 0 Å². The highest BCUT2D eigenvalue weighted by atomic mass is 32.2. The van der Waals surface area contributed by atoms with E-state index in [0.29, 0.717) is 11.6 Å². The summed E-state index contributed by atoms with van der Waals surface area (Å²) in [7, 11) is -2.88. The van der Waals surface area contributed by atoms with E-state index < -0.39 is 44.5 Å². The zero-order chi connectivity index (χ0) is 23.5. The number of piperidine rings is 1. The van der Waals surface area contributed by atoms with E-state index >= 15 is 0 Å². The van der Waals surface area contributed by atoms with Gasteiger partial charge in [0, 0.05) is 13.1 Å². The quantitative estimate of drug-likeness (QED) is 0.490. The summed E-state index contributed by atoms with van der Waals surface area (Å²) in [5, 5.41) is 0. The predicted octanol–water partition coefficient (Wildman–Crippen LogP) is 3.50. The first-order chi connectivity index (χ1) is 15.0. The van der Waals surface area contributed by atoms with Crippen molar-refractivity contribution in [3.8, 4) is 5.75 Å². The van der Waals surface area contributed by atoms with Crippen LogP contribution in [0, 0.1) is 5.92 Å². The van der Waals surface area contributed by atoms with Gasteiger partial charge in [-0.2, -0.15) is 17.5 Å². The summed E-state index contributed by atoms with van der Waals surface area (Å²) in [4.78, 5) is 23.4. The van der Waals surface area contributed by atoms with Crippen LogP contribution in [-0.2, 0) is 25.7 Å². The molecule has 0 saturated carbocycles. The molecule has 32 heavy (non-hydrogen) atoms. The molecule has 1 saturated heterocycles. The standard InChI is InChI=1S/C21H20F3NO6S/c1-30-19(26)14-5-7-17(8-6-14)31-20(27)15-9-11-25(12-10-15)32(28,29)18-4-2-3-16(13-18)21(22,23)24/h2-8,13,15H,9-12H2,1H3. The highest BCUT2D eigenvalue weighted by molar-refractivity contribution is 7.89. The Morgan fingerprint density at radius 1 is 1.03 bits per heavy atom. The van der Waals surface area contributed by atoms with Gasteiger partial charge in [0.25, 0.3) is 0 Å². The zero-order valence-corrected chi connectivity index (χ0v) is 17.8. The molecule has 1 aliphatic heterocycles. The van der Waals surface area contributed by atoms with Crippen LogP contribution in [0.3, 0.4) is 0 Å². The number of alkyl halides is 3. The molecule has 3 rings (SSSR count). The fourth-order valence-electron chi connectivity index (χ4n) is 3.29. The highest BCUT2D eigenvalue weighted by Gasteiger charge is 2.35. The number of hydrogen-bond donors (Lipinski definition) is 0. The lowest BCUT2D eigenvalue weighted by molar-refractivity contribution is -0.140. The largest absolute Gasteiger partial charge is 0.465 e. The number of benzene rings is 2. The summed E-state index contributed by atoms with van der Waals surface area (Å²) in [5.74, 6) is -1.42. The molecule has 2 aromatic rings. The van der Waals surface area contributed by atoms with Gasteiger partial charge < -0.3 is 9.47 Å². The lowest BCUT2D eigenvalue weighted by Gasteiger charge is -2.30. The van der Waals surface area contributed by atoms with Crippen LogP contribution in [0.15, 0.2) is 53.4 Å². The monoisotopic (exact) mass is 471 g/mol. The average molecular weight is 471 g/mol. The highest BCUT2D eigenvalue weighted by Crippen LogP contribution is 2.32. The van der Waals surface area contributed by atoms with Crippen LogP contribution in [0.1, 0.15) is 28.8 Å². The van der Waals surface area contributed by atoms with E-state index in [4.69, 9.17) is 4.74 Å². The van der Waals surface area contributed by atoms with Crippen molar-refractivity contribution in [1.29, 1.82) is 0 Å². The number of esters is 2. The summed E-state index contributed by atoms with van der Waals surface area (Å²) in [5.41, 5.74) is -0.754. The van der Waals surface area contributed by atoms with E-state index in [1.807, 2.05) is 0 Å². The van der Waals surface area contributed by atoms with Crippen molar-refractivity contribution in [3.63, 3.8) is 0 Å². The Morgan fingerprint density at radius 3 is 2.22 bits per heavy atom. The minimum Gasteiger partial charge on any atom is -0.465 e. The van der Waals surface area contributed by atoms with Gasteiger partial charge in [-0.15, -0.1) is 0 Å². The Balaban J connectivity index is 1.62. The molecule has 0 unspecified atom stereocenters. The van der Waals surface area contributed by atoms with Gasteiger partial charge in [-0.25, -0.2) is 13.2 Å². The smallest absolute Gasteiger partial charge is 0.416 e. The van der Waals surface area contributed by atoms with Crippen molar-refractivity contribution in [2.45, 2.75) is 23.9 Å². The van der Waals surface area contributed by atoms with Crippen LogP contribution in [0.5, 0.6) is 5.75 Å². The van der Waals surface area contributed by atoms with Crippen molar-refractivity contribution in [3.05, 3.63) is 59.7 Å². The van der Waals surface area contributed by atoms with Gasteiger partial charge in [-0.05, 0) is 55.3 Å².